The van der Waals surface area contributed by atoms with Crippen LogP contribution in [0.15, 0.2) is 66.7 Å². The number of sulfonamides is 1. The molecule has 0 aromatic heterocycles. The summed E-state index contributed by atoms with van der Waals surface area (Å²) >= 11 is 0. The molecule has 1 fully saturated rings. The number of nitrogens with one attached hydrogen (secondary N) is 1. The number of non-ortho nitro benzene ring substituents is 1. The van der Waals surface area contributed by atoms with E-state index in [0.717, 1.165) is 55.1 Å². The molecule has 2 N–H and O–H groups in total. The van der Waals surface area contributed by atoms with E-state index in [1.54, 1.807) is 23.1 Å². The van der Waals surface area contributed by atoms with Gasteiger partial charge in [-0.1, -0.05) is 36.8 Å². The number of aliphatic hydroxyl groups excluding tert-OH is 1. The molecule has 1 atom stereocenters. The second kappa shape index (κ2) is 15.6. The number of rotatable bonds is 12. The molecule has 0 aliphatic heterocycles. The second-order valence-corrected chi connectivity index (χ2v) is 14.8. The van der Waals surface area contributed by atoms with Crippen LogP contribution < -0.4 is 9.46 Å². The van der Waals surface area contributed by atoms with E-state index in [1.165, 1.54) is 24.3 Å². The molecule has 3 aromatic rings. The third-order valence-electron chi connectivity index (χ3n) is 8.15. The predicted octanol–water partition coefficient (Wildman–Crippen LogP) is 6.18. The normalized spacial score (nSPS) is 14.5. The highest BCUT2D eigenvalue weighted by Gasteiger charge is 2.28. The Bertz CT molecular complexity index is 1700. The molecule has 2 amide bonds. The van der Waals surface area contributed by atoms with E-state index >= 15 is 0 Å². The lowest BCUT2D eigenvalue weighted by Gasteiger charge is -2.35. The number of hydrogen-bond acceptors (Lipinski definition) is 9. The van der Waals surface area contributed by atoms with E-state index in [2.05, 4.69) is 0 Å². The first-order valence-electron chi connectivity index (χ1n) is 15.9. The molecule has 1 saturated carbocycles. The van der Waals surface area contributed by atoms with Gasteiger partial charge in [0.1, 0.15) is 18.5 Å². The highest BCUT2D eigenvalue weighted by Crippen LogP contribution is 2.31. The summed E-state index contributed by atoms with van der Waals surface area (Å²) in [6, 6.07) is 18.3. The minimum atomic E-state index is -3.75. The van der Waals surface area contributed by atoms with Gasteiger partial charge in [0.25, 0.3) is 11.6 Å². The average molecular weight is 682 g/mol. The van der Waals surface area contributed by atoms with Gasteiger partial charge in [-0.15, -0.1) is 0 Å². The van der Waals surface area contributed by atoms with Gasteiger partial charge in [0.05, 0.1) is 22.8 Å². The molecule has 1 aliphatic carbocycles. The van der Waals surface area contributed by atoms with Crippen LogP contribution in [0.2, 0.25) is 0 Å². The molecule has 0 bridgehead atoms. The number of nitro groups is 1. The molecule has 258 valence electrons. The SMILES string of the molecule is CC(C)(C)N(CCc1ccc(-c2ccc(C(=O)NS(C)(=O)=O)c(OC3CCCCC3)c2)cc1)C(=O)OC[C@H](O)c1ccc([N+](=O)[O-])cc1. The lowest BCUT2D eigenvalue weighted by atomic mass is 9.97. The molecule has 0 heterocycles. The third-order valence-corrected chi connectivity index (χ3v) is 8.70. The van der Waals surface area contributed by atoms with Crippen LogP contribution in [-0.4, -0.2) is 66.4 Å². The fourth-order valence-corrected chi connectivity index (χ4v) is 5.97. The molecule has 12 nitrogen and oxygen atoms in total. The zero-order valence-corrected chi connectivity index (χ0v) is 28.5. The Morgan fingerprint density at radius 2 is 1.62 bits per heavy atom. The van der Waals surface area contributed by atoms with Crippen LogP contribution in [0.3, 0.4) is 0 Å². The Balaban J connectivity index is 1.42. The van der Waals surface area contributed by atoms with Crippen LogP contribution in [-0.2, 0) is 21.2 Å². The van der Waals surface area contributed by atoms with Crippen LogP contribution in [0.4, 0.5) is 10.5 Å². The van der Waals surface area contributed by atoms with Gasteiger partial charge in [-0.25, -0.2) is 17.9 Å². The van der Waals surface area contributed by atoms with E-state index in [9.17, 15) is 33.2 Å². The Labute approximate surface area is 281 Å². The van der Waals surface area contributed by atoms with Gasteiger partial charge in [0.2, 0.25) is 10.0 Å². The van der Waals surface area contributed by atoms with Crippen LogP contribution >= 0.6 is 0 Å². The van der Waals surface area contributed by atoms with Gasteiger partial charge in [-0.3, -0.25) is 14.9 Å². The van der Waals surface area contributed by atoms with E-state index < -0.39 is 38.6 Å². The number of hydrogen-bond donors (Lipinski definition) is 2. The number of carbonyl (C=O) groups is 2. The topological polar surface area (TPSA) is 165 Å². The van der Waals surface area contributed by atoms with Crippen LogP contribution in [0.25, 0.3) is 11.1 Å². The number of amides is 2. The molecular formula is C35H43N3O9S. The summed E-state index contributed by atoms with van der Waals surface area (Å²) in [5.74, 6) is -0.407. The maximum Gasteiger partial charge on any atom is 0.410 e. The van der Waals surface area contributed by atoms with Crippen molar-refractivity contribution in [2.45, 2.75) is 77.0 Å². The summed E-state index contributed by atoms with van der Waals surface area (Å²) in [6.07, 6.45) is 4.61. The van der Waals surface area contributed by atoms with Gasteiger partial charge in [0, 0.05) is 24.2 Å². The fourth-order valence-electron chi connectivity index (χ4n) is 5.52. The number of ether oxygens (including phenoxy) is 2. The molecule has 13 heteroatoms. The highest BCUT2D eigenvalue weighted by atomic mass is 32.2. The minimum Gasteiger partial charge on any atom is -0.490 e. The van der Waals surface area contributed by atoms with Gasteiger partial charge in [0.15, 0.2) is 0 Å². The quantitative estimate of drug-likeness (QED) is 0.168. The van der Waals surface area contributed by atoms with Gasteiger partial charge < -0.3 is 19.5 Å². The zero-order chi connectivity index (χ0) is 35.1. The number of nitrogens with zero attached hydrogens (tertiary/aromatic N) is 2. The van der Waals surface area contributed by atoms with Crippen molar-refractivity contribution in [2.75, 3.05) is 19.4 Å². The number of benzene rings is 3. The molecule has 0 unspecified atom stereocenters. The largest absolute Gasteiger partial charge is 0.490 e. The maximum atomic E-state index is 13.1. The summed E-state index contributed by atoms with van der Waals surface area (Å²) in [6.45, 7) is 5.70. The van der Waals surface area contributed by atoms with Crippen molar-refractivity contribution < 1.29 is 37.5 Å². The smallest absolute Gasteiger partial charge is 0.410 e. The van der Waals surface area contributed by atoms with Crippen molar-refractivity contribution in [3.8, 4) is 16.9 Å². The predicted molar refractivity (Wildman–Crippen MR) is 181 cm³/mol. The van der Waals surface area contributed by atoms with Crippen LogP contribution in [0, 0.1) is 10.1 Å². The third kappa shape index (κ3) is 10.3. The molecule has 4 rings (SSSR count). The van der Waals surface area contributed by atoms with E-state index in [0.29, 0.717) is 24.3 Å². The molecule has 0 radical (unpaired) electrons. The monoisotopic (exact) mass is 681 g/mol. The molecule has 1 aliphatic rings. The first-order chi connectivity index (χ1) is 22.6. The number of nitro benzene ring substituents is 1. The van der Waals surface area contributed by atoms with Crippen molar-refractivity contribution in [2.24, 2.45) is 0 Å². The van der Waals surface area contributed by atoms with Gasteiger partial charge in [-0.05, 0) is 99.4 Å². The number of aliphatic hydroxyl groups is 1. The summed E-state index contributed by atoms with van der Waals surface area (Å²) < 4.78 is 37.2. The molecule has 48 heavy (non-hydrogen) atoms. The molecule has 0 spiro atoms. The standard InChI is InChI=1S/C35H43N3O9S/c1-35(2,3)37(34(41)46-23-31(39)26-14-17-28(18-15-26)38(42)43)21-20-24-10-12-25(13-11-24)27-16-19-30(33(40)36-48(4,44)45)32(22-27)47-29-8-6-5-7-9-29/h10-19,22,29,31,39H,5-9,20-21,23H2,1-4H3,(H,36,40)/t31-/m0/s1. The second-order valence-electron chi connectivity index (χ2n) is 13.0. The summed E-state index contributed by atoms with van der Waals surface area (Å²) in [5, 5.41) is 21.4. The number of carbonyl (C=O) groups excluding carboxylic acids is 2. The summed E-state index contributed by atoms with van der Waals surface area (Å²) in [4.78, 5) is 37.8. The lowest BCUT2D eigenvalue weighted by Crippen LogP contribution is -2.47. The van der Waals surface area contributed by atoms with Crippen molar-refractivity contribution in [1.29, 1.82) is 0 Å². The van der Waals surface area contributed by atoms with Gasteiger partial charge >= 0.3 is 6.09 Å². The maximum absolute atomic E-state index is 13.1. The Morgan fingerprint density at radius 1 is 1.00 bits per heavy atom. The summed E-state index contributed by atoms with van der Waals surface area (Å²) in [7, 11) is -3.75. The molecule has 0 saturated heterocycles. The first kappa shape index (κ1) is 36.3. The van der Waals surface area contributed by atoms with E-state index in [1.807, 2.05) is 49.8 Å². The van der Waals surface area contributed by atoms with E-state index in [4.69, 9.17) is 9.47 Å². The van der Waals surface area contributed by atoms with Crippen molar-refractivity contribution in [1.82, 2.24) is 9.62 Å². The highest BCUT2D eigenvalue weighted by molar-refractivity contribution is 7.89. The van der Waals surface area contributed by atoms with Crippen molar-refractivity contribution >= 4 is 27.7 Å². The summed E-state index contributed by atoms with van der Waals surface area (Å²) in [5.41, 5.74) is 2.52. The Hall–Kier alpha value is -4.49. The zero-order valence-electron chi connectivity index (χ0n) is 27.7. The van der Waals surface area contributed by atoms with Crippen molar-refractivity contribution in [3.05, 3.63) is 93.5 Å². The average Bonchev–Trinajstić information content (AvgIpc) is 3.03. The Kier molecular flexibility index (Phi) is 11.8. The van der Waals surface area contributed by atoms with Gasteiger partial charge in [-0.2, -0.15) is 0 Å². The molecule has 3 aromatic carbocycles. The van der Waals surface area contributed by atoms with Crippen LogP contribution in [0.5, 0.6) is 5.75 Å². The van der Waals surface area contributed by atoms with Crippen molar-refractivity contribution in [3.63, 3.8) is 0 Å². The Morgan fingerprint density at radius 3 is 2.21 bits per heavy atom. The van der Waals surface area contributed by atoms with E-state index in [-0.39, 0.29) is 24.0 Å². The fraction of sp³-hybridized carbons (Fsp3) is 0.429. The first-order valence-corrected chi connectivity index (χ1v) is 17.8. The van der Waals surface area contributed by atoms with Crippen LogP contribution in [0.1, 0.15) is 80.5 Å². The minimum absolute atomic E-state index is 0.0517. The lowest BCUT2D eigenvalue weighted by molar-refractivity contribution is -0.384. The molecular weight excluding hydrogens is 638 g/mol.